The van der Waals surface area contributed by atoms with Gasteiger partial charge in [0.2, 0.25) is 0 Å². The van der Waals surface area contributed by atoms with Gasteiger partial charge in [0, 0.05) is 17.2 Å². The molecule has 1 atom stereocenters. The lowest BCUT2D eigenvalue weighted by Gasteiger charge is -2.07. The van der Waals surface area contributed by atoms with E-state index in [0.29, 0.717) is 5.02 Å². The molecule has 0 saturated carbocycles. The fraction of sp³-hybridized carbons (Fsp3) is 0.300. The zero-order valence-electron chi connectivity index (χ0n) is 8.51. The molecular formula is C10H9ClN2O3. The van der Waals surface area contributed by atoms with Crippen LogP contribution in [0, 0.1) is 27.4 Å². The van der Waals surface area contributed by atoms with E-state index in [2.05, 4.69) is 0 Å². The molecule has 1 rings (SSSR count). The van der Waals surface area contributed by atoms with Crippen molar-refractivity contribution >= 4 is 17.3 Å². The maximum atomic E-state index is 10.7. The van der Waals surface area contributed by atoms with Gasteiger partial charge in [-0.05, 0) is 13.0 Å². The second-order valence-corrected chi connectivity index (χ2v) is 3.65. The molecule has 0 aromatic heterocycles. The summed E-state index contributed by atoms with van der Waals surface area (Å²) in [6.07, 6.45) is 0. The standard InChI is InChI=1S/C10H9ClN2O3/c1-7(5-12)6-16-10-4-8(11)2-3-9(10)13(14)15/h2-4,7H,6H2,1H3. The van der Waals surface area contributed by atoms with Crippen molar-refractivity contribution < 1.29 is 9.66 Å². The van der Waals surface area contributed by atoms with Crippen molar-refractivity contribution in [1.82, 2.24) is 0 Å². The first-order chi connectivity index (χ1) is 7.54. The van der Waals surface area contributed by atoms with Gasteiger partial charge >= 0.3 is 5.69 Å². The number of ether oxygens (including phenoxy) is 1. The fourth-order valence-electron chi connectivity index (χ4n) is 1.01. The summed E-state index contributed by atoms with van der Waals surface area (Å²) < 4.78 is 5.18. The molecule has 0 aliphatic carbocycles. The van der Waals surface area contributed by atoms with Crippen molar-refractivity contribution in [2.45, 2.75) is 6.92 Å². The smallest absolute Gasteiger partial charge is 0.311 e. The van der Waals surface area contributed by atoms with Gasteiger partial charge in [-0.1, -0.05) is 11.6 Å². The summed E-state index contributed by atoms with van der Waals surface area (Å²) in [6, 6.07) is 6.02. The number of nitro groups is 1. The first kappa shape index (κ1) is 12.3. The number of rotatable bonds is 4. The van der Waals surface area contributed by atoms with Crippen LogP contribution < -0.4 is 4.74 Å². The predicted octanol–water partition coefficient (Wildman–Crippen LogP) is 2.79. The highest BCUT2D eigenvalue weighted by Crippen LogP contribution is 2.30. The third-order valence-corrected chi connectivity index (χ3v) is 2.06. The van der Waals surface area contributed by atoms with E-state index in [1.807, 2.05) is 6.07 Å². The van der Waals surface area contributed by atoms with E-state index in [1.165, 1.54) is 18.2 Å². The summed E-state index contributed by atoms with van der Waals surface area (Å²) in [5.74, 6) is -0.252. The molecule has 0 radical (unpaired) electrons. The Morgan fingerprint density at radius 3 is 2.94 bits per heavy atom. The highest BCUT2D eigenvalue weighted by Gasteiger charge is 2.16. The van der Waals surface area contributed by atoms with E-state index in [0.717, 1.165) is 0 Å². The zero-order valence-corrected chi connectivity index (χ0v) is 9.27. The van der Waals surface area contributed by atoms with Gasteiger partial charge in [-0.2, -0.15) is 5.26 Å². The second kappa shape index (κ2) is 5.33. The average molecular weight is 241 g/mol. The molecule has 0 spiro atoms. The Hall–Kier alpha value is -1.80. The van der Waals surface area contributed by atoms with Crippen LogP contribution in [0.1, 0.15) is 6.92 Å². The Bertz CT molecular complexity index is 442. The number of halogens is 1. The molecule has 1 unspecified atom stereocenters. The molecule has 1 aromatic rings. The van der Waals surface area contributed by atoms with Gasteiger partial charge in [0.25, 0.3) is 0 Å². The molecule has 0 aliphatic rings. The number of nitro benzene ring substituents is 1. The molecule has 0 fully saturated rings. The molecule has 1 aromatic carbocycles. The number of hydrogen-bond donors (Lipinski definition) is 0. The summed E-state index contributed by atoms with van der Waals surface area (Å²) in [5.41, 5.74) is -0.158. The highest BCUT2D eigenvalue weighted by molar-refractivity contribution is 6.30. The molecule has 0 amide bonds. The molecule has 0 heterocycles. The molecular weight excluding hydrogens is 232 g/mol. The summed E-state index contributed by atoms with van der Waals surface area (Å²) in [7, 11) is 0. The van der Waals surface area contributed by atoms with Crippen LogP contribution in [0.3, 0.4) is 0 Å². The summed E-state index contributed by atoms with van der Waals surface area (Å²) >= 11 is 5.70. The number of benzene rings is 1. The molecule has 0 saturated heterocycles. The number of hydrogen-bond acceptors (Lipinski definition) is 4. The highest BCUT2D eigenvalue weighted by atomic mass is 35.5. The van der Waals surface area contributed by atoms with Gasteiger partial charge in [0.05, 0.1) is 16.9 Å². The van der Waals surface area contributed by atoms with Gasteiger partial charge in [0.15, 0.2) is 5.75 Å². The average Bonchev–Trinajstić information content (AvgIpc) is 2.25. The molecule has 84 valence electrons. The molecule has 0 bridgehead atoms. The summed E-state index contributed by atoms with van der Waals surface area (Å²) in [5, 5.41) is 19.6. The van der Waals surface area contributed by atoms with E-state index in [1.54, 1.807) is 6.92 Å². The Morgan fingerprint density at radius 1 is 1.69 bits per heavy atom. The maximum Gasteiger partial charge on any atom is 0.311 e. The van der Waals surface area contributed by atoms with E-state index in [9.17, 15) is 10.1 Å². The van der Waals surface area contributed by atoms with Crippen molar-refractivity contribution in [3.05, 3.63) is 33.3 Å². The van der Waals surface area contributed by atoms with E-state index in [-0.39, 0.29) is 24.0 Å². The number of nitriles is 1. The van der Waals surface area contributed by atoms with Crippen LogP contribution in [0.2, 0.25) is 5.02 Å². The van der Waals surface area contributed by atoms with Crippen molar-refractivity contribution in [3.8, 4) is 11.8 Å². The van der Waals surface area contributed by atoms with Crippen LogP contribution >= 0.6 is 11.6 Å². The van der Waals surface area contributed by atoms with E-state index < -0.39 is 4.92 Å². The molecule has 6 heteroatoms. The summed E-state index contributed by atoms with van der Waals surface area (Å²) in [6.45, 7) is 1.76. The molecule has 16 heavy (non-hydrogen) atoms. The Balaban J connectivity index is 2.89. The molecule has 0 N–H and O–H groups in total. The van der Waals surface area contributed by atoms with Crippen molar-refractivity contribution in [2.75, 3.05) is 6.61 Å². The van der Waals surface area contributed by atoms with Crippen molar-refractivity contribution in [2.24, 2.45) is 5.92 Å². The first-order valence-electron chi connectivity index (χ1n) is 4.51. The Labute approximate surface area is 97.4 Å². The van der Waals surface area contributed by atoms with Gasteiger partial charge in [-0.15, -0.1) is 0 Å². The van der Waals surface area contributed by atoms with Crippen LogP contribution in [0.25, 0.3) is 0 Å². The lowest BCUT2D eigenvalue weighted by Crippen LogP contribution is -2.07. The SMILES string of the molecule is CC(C#N)COc1cc(Cl)ccc1[N+](=O)[O-]. The van der Waals surface area contributed by atoms with Crippen LogP contribution in [0.4, 0.5) is 5.69 Å². The van der Waals surface area contributed by atoms with Crippen LogP contribution in [0.15, 0.2) is 18.2 Å². The maximum absolute atomic E-state index is 10.7. The topological polar surface area (TPSA) is 76.2 Å². The second-order valence-electron chi connectivity index (χ2n) is 3.21. The third-order valence-electron chi connectivity index (χ3n) is 1.83. The quantitative estimate of drug-likeness (QED) is 0.599. The van der Waals surface area contributed by atoms with Gasteiger partial charge in [-0.3, -0.25) is 10.1 Å². The minimum Gasteiger partial charge on any atom is -0.485 e. The number of nitrogens with zero attached hydrogens (tertiary/aromatic N) is 2. The minimum atomic E-state index is -0.553. The van der Waals surface area contributed by atoms with Crippen molar-refractivity contribution in [3.63, 3.8) is 0 Å². The first-order valence-corrected chi connectivity index (χ1v) is 4.88. The van der Waals surface area contributed by atoms with Crippen molar-refractivity contribution in [1.29, 1.82) is 5.26 Å². The molecule has 0 aliphatic heterocycles. The van der Waals surface area contributed by atoms with Gasteiger partial charge < -0.3 is 4.74 Å². The molecule has 5 nitrogen and oxygen atoms in total. The van der Waals surface area contributed by atoms with Crippen LogP contribution in [-0.4, -0.2) is 11.5 Å². The van der Waals surface area contributed by atoms with Gasteiger partial charge in [0.1, 0.15) is 6.61 Å². The summed E-state index contributed by atoms with van der Waals surface area (Å²) in [4.78, 5) is 10.1. The lowest BCUT2D eigenvalue weighted by atomic mass is 10.2. The fourth-order valence-corrected chi connectivity index (χ4v) is 1.17. The monoisotopic (exact) mass is 240 g/mol. The Morgan fingerprint density at radius 2 is 2.38 bits per heavy atom. The third kappa shape index (κ3) is 3.11. The van der Waals surface area contributed by atoms with E-state index in [4.69, 9.17) is 21.6 Å². The largest absolute Gasteiger partial charge is 0.485 e. The zero-order chi connectivity index (χ0) is 12.1. The lowest BCUT2D eigenvalue weighted by molar-refractivity contribution is -0.385. The van der Waals surface area contributed by atoms with E-state index >= 15 is 0 Å². The van der Waals surface area contributed by atoms with Gasteiger partial charge in [-0.25, -0.2) is 0 Å². The Kier molecular flexibility index (Phi) is 4.09. The normalized spacial score (nSPS) is 11.6. The van der Waals surface area contributed by atoms with Crippen LogP contribution in [-0.2, 0) is 0 Å². The predicted molar refractivity (Wildman–Crippen MR) is 58.4 cm³/mol. The van der Waals surface area contributed by atoms with Crippen LogP contribution in [0.5, 0.6) is 5.75 Å². The minimum absolute atomic E-state index is 0.0830.